The first kappa shape index (κ1) is 16.3. The molecule has 1 fully saturated rings. The molecule has 0 spiro atoms. The van der Waals surface area contributed by atoms with E-state index in [9.17, 15) is 4.79 Å². The van der Waals surface area contributed by atoms with Gasteiger partial charge in [0.05, 0.1) is 25.4 Å². The highest BCUT2D eigenvalue weighted by atomic mass is 35.5. The minimum atomic E-state index is 0.0788. The normalized spacial score (nSPS) is 15.9. The van der Waals surface area contributed by atoms with Crippen molar-refractivity contribution in [3.8, 4) is 5.75 Å². The predicted octanol–water partition coefficient (Wildman–Crippen LogP) is 3.03. The van der Waals surface area contributed by atoms with Crippen molar-refractivity contribution in [2.75, 3.05) is 39.5 Å². The number of carbonyl (C=O) groups excluding carboxylic acids is 1. The third kappa shape index (κ3) is 4.99. The second-order valence-corrected chi connectivity index (χ2v) is 5.55. The molecule has 0 aromatic heterocycles. The summed E-state index contributed by atoms with van der Waals surface area (Å²) >= 11 is 6.01. The molecule has 21 heavy (non-hydrogen) atoms. The Hall–Kier alpha value is -1.10. The Kier molecular flexibility index (Phi) is 6.49. The number of Topliss-reactive ketones (excluding diaryl/α,β-unsaturated/α-hetero) is 1. The maximum atomic E-state index is 12.4. The van der Waals surface area contributed by atoms with Crippen molar-refractivity contribution in [3.63, 3.8) is 0 Å². The van der Waals surface area contributed by atoms with Crippen LogP contribution < -0.4 is 4.74 Å². The van der Waals surface area contributed by atoms with Crippen molar-refractivity contribution in [1.82, 2.24) is 4.90 Å². The first-order chi connectivity index (χ1) is 10.2. The van der Waals surface area contributed by atoms with E-state index < -0.39 is 0 Å². The summed E-state index contributed by atoms with van der Waals surface area (Å²) < 4.78 is 10.9. The van der Waals surface area contributed by atoms with Gasteiger partial charge >= 0.3 is 0 Å². The van der Waals surface area contributed by atoms with E-state index in [0.29, 0.717) is 29.4 Å². The molecule has 1 saturated heterocycles. The molecular weight excluding hydrogens is 290 g/mol. The van der Waals surface area contributed by atoms with Crippen LogP contribution in [0.25, 0.3) is 0 Å². The zero-order chi connectivity index (χ0) is 15.1. The summed E-state index contributed by atoms with van der Waals surface area (Å²) in [7, 11) is 0. The highest BCUT2D eigenvalue weighted by molar-refractivity contribution is 6.31. The molecule has 1 heterocycles. The molecule has 0 amide bonds. The smallest absolute Gasteiger partial charge is 0.167 e. The monoisotopic (exact) mass is 311 g/mol. The topological polar surface area (TPSA) is 38.8 Å². The van der Waals surface area contributed by atoms with Crippen LogP contribution in [0.4, 0.5) is 0 Å². The lowest BCUT2D eigenvalue weighted by Crippen LogP contribution is -2.37. The Balaban J connectivity index is 1.97. The summed E-state index contributed by atoms with van der Waals surface area (Å²) in [5.74, 6) is 0.711. The van der Waals surface area contributed by atoms with Crippen LogP contribution >= 0.6 is 11.6 Å². The van der Waals surface area contributed by atoms with E-state index in [4.69, 9.17) is 21.1 Å². The van der Waals surface area contributed by atoms with E-state index in [-0.39, 0.29) is 5.78 Å². The number of halogens is 1. The Morgan fingerprint density at radius 1 is 1.38 bits per heavy atom. The molecule has 0 unspecified atom stereocenters. The second-order valence-electron chi connectivity index (χ2n) is 5.12. The molecule has 0 N–H and O–H groups in total. The van der Waals surface area contributed by atoms with Crippen LogP contribution in [0.3, 0.4) is 0 Å². The average Bonchev–Trinajstić information content (AvgIpc) is 2.52. The van der Waals surface area contributed by atoms with Gasteiger partial charge in [0, 0.05) is 31.1 Å². The van der Waals surface area contributed by atoms with Crippen molar-refractivity contribution in [2.45, 2.75) is 19.8 Å². The first-order valence-corrected chi connectivity index (χ1v) is 7.84. The molecule has 0 bridgehead atoms. The van der Waals surface area contributed by atoms with Gasteiger partial charge in [-0.2, -0.15) is 0 Å². The van der Waals surface area contributed by atoms with E-state index >= 15 is 0 Å². The lowest BCUT2D eigenvalue weighted by molar-refractivity contribution is 0.0370. The molecule has 116 valence electrons. The van der Waals surface area contributed by atoms with Crippen LogP contribution in [0.2, 0.25) is 5.02 Å². The minimum Gasteiger partial charge on any atom is -0.493 e. The fourth-order valence-corrected chi connectivity index (χ4v) is 2.45. The number of benzene rings is 1. The van der Waals surface area contributed by atoms with Crippen LogP contribution in [-0.2, 0) is 4.74 Å². The number of ketones is 1. The third-order valence-electron chi connectivity index (χ3n) is 3.46. The third-order valence-corrected chi connectivity index (χ3v) is 3.70. The summed E-state index contributed by atoms with van der Waals surface area (Å²) in [5.41, 5.74) is 0.587. The predicted molar refractivity (Wildman–Crippen MR) is 83.4 cm³/mol. The maximum Gasteiger partial charge on any atom is 0.167 e. The fourth-order valence-electron chi connectivity index (χ4n) is 2.28. The van der Waals surface area contributed by atoms with Crippen LogP contribution in [0.15, 0.2) is 18.2 Å². The first-order valence-electron chi connectivity index (χ1n) is 7.46. The van der Waals surface area contributed by atoms with Gasteiger partial charge in [0.1, 0.15) is 5.75 Å². The van der Waals surface area contributed by atoms with Gasteiger partial charge in [-0.25, -0.2) is 0 Å². The molecule has 0 atom stereocenters. The molecule has 1 aromatic carbocycles. The summed E-state index contributed by atoms with van der Waals surface area (Å²) in [5, 5.41) is 0.563. The van der Waals surface area contributed by atoms with E-state index in [2.05, 4.69) is 4.90 Å². The van der Waals surface area contributed by atoms with Gasteiger partial charge in [-0.1, -0.05) is 18.5 Å². The number of nitrogens with zero attached hydrogens (tertiary/aromatic N) is 1. The van der Waals surface area contributed by atoms with Crippen molar-refractivity contribution in [3.05, 3.63) is 28.8 Å². The number of hydrogen-bond acceptors (Lipinski definition) is 4. The van der Waals surface area contributed by atoms with Gasteiger partial charge < -0.3 is 9.47 Å². The van der Waals surface area contributed by atoms with Gasteiger partial charge in [-0.15, -0.1) is 0 Å². The molecule has 1 aliphatic rings. The highest BCUT2D eigenvalue weighted by Crippen LogP contribution is 2.24. The standard InChI is InChI=1S/C16H22ClNO3/c1-2-9-21-16-4-3-13(17)12-14(16)15(19)5-6-18-7-10-20-11-8-18/h3-4,12H,2,5-11H2,1H3. The van der Waals surface area contributed by atoms with Gasteiger partial charge in [0.15, 0.2) is 5.78 Å². The Morgan fingerprint density at radius 2 is 2.14 bits per heavy atom. The van der Waals surface area contributed by atoms with E-state index in [1.54, 1.807) is 18.2 Å². The maximum absolute atomic E-state index is 12.4. The minimum absolute atomic E-state index is 0.0788. The van der Waals surface area contributed by atoms with E-state index in [1.165, 1.54) is 0 Å². The second kappa shape index (κ2) is 8.37. The van der Waals surface area contributed by atoms with Gasteiger partial charge in [-0.05, 0) is 24.6 Å². The molecule has 1 aliphatic heterocycles. The van der Waals surface area contributed by atoms with Crippen LogP contribution in [0.5, 0.6) is 5.75 Å². The lowest BCUT2D eigenvalue weighted by Gasteiger charge is -2.26. The molecule has 5 heteroatoms. The zero-order valence-corrected chi connectivity index (χ0v) is 13.2. The number of morpholine rings is 1. The van der Waals surface area contributed by atoms with Crippen molar-refractivity contribution in [2.24, 2.45) is 0 Å². The van der Waals surface area contributed by atoms with Gasteiger partial charge in [-0.3, -0.25) is 9.69 Å². The SMILES string of the molecule is CCCOc1ccc(Cl)cc1C(=O)CCN1CCOCC1. The summed E-state index contributed by atoms with van der Waals surface area (Å²) in [6.45, 7) is 6.67. The quantitative estimate of drug-likeness (QED) is 0.726. The van der Waals surface area contributed by atoms with Crippen LogP contribution in [-0.4, -0.2) is 50.1 Å². The fraction of sp³-hybridized carbons (Fsp3) is 0.562. The van der Waals surface area contributed by atoms with Gasteiger partial charge in [0.25, 0.3) is 0 Å². The Bertz CT molecular complexity index is 473. The Morgan fingerprint density at radius 3 is 2.86 bits per heavy atom. The Labute approximate surface area is 131 Å². The average molecular weight is 312 g/mol. The lowest BCUT2D eigenvalue weighted by atomic mass is 10.1. The van der Waals surface area contributed by atoms with Gasteiger partial charge in [0.2, 0.25) is 0 Å². The number of carbonyl (C=O) groups is 1. The van der Waals surface area contributed by atoms with Crippen LogP contribution in [0, 0.1) is 0 Å². The number of ether oxygens (including phenoxy) is 2. The molecular formula is C16H22ClNO3. The number of hydrogen-bond donors (Lipinski definition) is 0. The van der Waals surface area contributed by atoms with E-state index in [1.807, 2.05) is 6.92 Å². The van der Waals surface area contributed by atoms with Crippen molar-refractivity contribution in [1.29, 1.82) is 0 Å². The number of rotatable bonds is 7. The van der Waals surface area contributed by atoms with Crippen molar-refractivity contribution >= 4 is 17.4 Å². The molecule has 0 saturated carbocycles. The van der Waals surface area contributed by atoms with Crippen molar-refractivity contribution < 1.29 is 14.3 Å². The summed E-state index contributed by atoms with van der Waals surface area (Å²) in [4.78, 5) is 14.7. The molecule has 0 radical (unpaired) electrons. The molecule has 1 aromatic rings. The molecule has 0 aliphatic carbocycles. The molecule has 4 nitrogen and oxygen atoms in total. The molecule has 2 rings (SSSR count). The summed E-state index contributed by atoms with van der Waals surface area (Å²) in [6, 6.07) is 5.24. The zero-order valence-electron chi connectivity index (χ0n) is 12.4. The van der Waals surface area contributed by atoms with Crippen LogP contribution in [0.1, 0.15) is 30.1 Å². The summed E-state index contributed by atoms with van der Waals surface area (Å²) in [6.07, 6.45) is 1.38. The van der Waals surface area contributed by atoms with E-state index in [0.717, 1.165) is 39.3 Å². The largest absolute Gasteiger partial charge is 0.493 e. The highest BCUT2D eigenvalue weighted by Gasteiger charge is 2.16.